The molecule has 0 saturated carbocycles. The summed E-state index contributed by atoms with van der Waals surface area (Å²) in [5.41, 5.74) is 2.05. The van der Waals surface area contributed by atoms with E-state index in [0.717, 1.165) is 5.69 Å². The number of nitrogens with zero attached hydrogens (tertiary/aromatic N) is 5. The Balaban J connectivity index is 1.76. The van der Waals surface area contributed by atoms with Gasteiger partial charge in [0.05, 0.1) is 24.0 Å². The van der Waals surface area contributed by atoms with Crippen LogP contribution in [0.5, 0.6) is 0 Å². The Hall–Kier alpha value is -2.89. The Kier molecular flexibility index (Phi) is 3.51. The number of ketones is 1. The zero-order valence-corrected chi connectivity index (χ0v) is 11.5. The number of hydrogen-bond acceptors (Lipinski definition) is 5. The van der Waals surface area contributed by atoms with E-state index >= 15 is 0 Å². The van der Waals surface area contributed by atoms with E-state index in [2.05, 4.69) is 19.9 Å². The van der Waals surface area contributed by atoms with Crippen LogP contribution in [0.2, 0.25) is 0 Å². The van der Waals surface area contributed by atoms with Crippen LogP contribution in [0.1, 0.15) is 16.3 Å². The van der Waals surface area contributed by atoms with Gasteiger partial charge in [0.15, 0.2) is 5.82 Å². The van der Waals surface area contributed by atoms with Crippen LogP contribution in [0.4, 0.5) is 0 Å². The van der Waals surface area contributed by atoms with Crippen molar-refractivity contribution in [3.8, 4) is 11.4 Å². The van der Waals surface area contributed by atoms with Crippen LogP contribution in [0.15, 0.2) is 49.2 Å². The molecule has 6 nitrogen and oxygen atoms in total. The number of carbonyl (C=O) groups excluding carboxylic acids is 1. The third-order valence-electron chi connectivity index (χ3n) is 3.04. The molecule has 0 N–H and O–H groups in total. The summed E-state index contributed by atoms with van der Waals surface area (Å²) >= 11 is 0. The van der Waals surface area contributed by atoms with E-state index in [1.807, 2.05) is 18.2 Å². The number of aromatic nitrogens is 5. The van der Waals surface area contributed by atoms with Crippen LogP contribution in [0.3, 0.4) is 0 Å². The summed E-state index contributed by atoms with van der Waals surface area (Å²) in [6.07, 6.45) is 8.45. The minimum Gasteiger partial charge on any atom is -0.332 e. The van der Waals surface area contributed by atoms with Gasteiger partial charge in [-0.25, -0.2) is 4.98 Å². The van der Waals surface area contributed by atoms with Crippen LogP contribution in [-0.2, 0) is 13.5 Å². The number of aryl methyl sites for hydroxylation is 1. The van der Waals surface area contributed by atoms with Crippen molar-refractivity contribution in [1.82, 2.24) is 24.5 Å². The van der Waals surface area contributed by atoms with Crippen molar-refractivity contribution >= 4 is 5.78 Å². The average molecular weight is 279 g/mol. The molecule has 0 spiro atoms. The van der Waals surface area contributed by atoms with Gasteiger partial charge < -0.3 is 4.57 Å². The van der Waals surface area contributed by atoms with Crippen molar-refractivity contribution in [3.63, 3.8) is 0 Å². The number of rotatable bonds is 4. The standard InChI is InChI=1S/C15H13N5O/c1-20-7-6-17-15(20)14(21)8-11-9-19-13(10-18-11)12-4-2-3-5-16-12/h2-7,9-10H,8H2,1H3. The summed E-state index contributed by atoms with van der Waals surface area (Å²) in [4.78, 5) is 28.9. The molecule has 0 aromatic carbocycles. The number of hydrogen-bond donors (Lipinski definition) is 0. The molecule has 0 bridgehead atoms. The average Bonchev–Trinajstić information content (AvgIpc) is 2.95. The van der Waals surface area contributed by atoms with E-state index in [1.165, 1.54) is 0 Å². The van der Waals surface area contributed by atoms with Crippen LogP contribution in [-0.4, -0.2) is 30.3 Å². The first-order chi connectivity index (χ1) is 10.2. The Morgan fingerprint density at radius 3 is 2.57 bits per heavy atom. The molecule has 0 fully saturated rings. The maximum atomic E-state index is 12.1. The molecule has 0 atom stereocenters. The summed E-state index contributed by atoms with van der Waals surface area (Å²) in [5, 5.41) is 0. The third-order valence-corrected chi connectivity index (χ3v) is 3.04. The Morgan fingerprint density at radius 2 is 1.95 bits per heavy atom. The van der Waals surface area contributed by atoms with E-state index in [0.29, 0.717) is 17.2 Å². The lowest BCUT2D eigenvalue weighted by Crippen LogP contribution is -2.11. The molecule has 21 heavy (non-hydrogen) atoms. The minimum absolute atomic E-state index is 0.0811. The summed E-state index contributed by atoms with van der Waals surface area (Å²) in [7, 11) is 1.79. The highest BCUT2D eigenvalue weighted by Gasteiger charge is 2.13. The molecule has 0 saturated heterocycles. The molecule has 0 aliphatic heterocycles. The van der Waals surface area contributed by atoms with Gasteiger partial charge in [0.2, 0.25) is 5.78 Å². The molecule has 3 rings (SSSR count). The van der Waals surface area contributed by atoms with Gasteiger partial charge in [-0.2, -0.15) is 0 Å². The zero-order valence-electron chi connectivity index (χ0n) is 11.5. The smallest absolute Gasteiger partial charge is 0.204 e. The number of pyridine rings is 1. The summed E-state index contributed by atoms with van der Waals surface area (Å²) < 4.78 is 1.69. The van der Waals surface area contributed by atoms with Gasteiger partial charge in [-0.05, 0) is 12.1 Å². The van der Waals surface area contributed by atoms with Crippen molar-refractivity contribution in [1.29, 1.82) is 0 Å². The molecule has 3 aromatic heterocycles. The second-order valence-electron chi connectivity index (χ2n) is 4.57. The fraction of sp³-hybridized carbons (Fsp3) is 0.133. The molecule has 104 valence electrons. The summed E-state index contributed by atoms with van der Waals surface area (Å²) in [6, 6.07) is 5.60. The highest BCUT2D eigenvalue weighted by molar-refractivity contribution is 5.94. The lowest BCUT2D eigenvalue weighted by Gasteiger charge is -2.02. The predicted molar refractivity (Wildman–Crippen MR) is 76.5 cm³/mol. The fourth-order valence-electron chi connectivity index (χ4n) is 1.97. The number of carbonyl (C=O) groups is 1. The van der Waals surface area contributed by atoms with Crippen LogP contribution in [0.25, 0.3) is 11.4 Å². The molecule has 3 aromatic rings. The molecule has 0 unspecified atom stereocenters. The maximum absolute atomic E-state index is 12.1. The highest BCUT2D eigenvalue weighted by atomic mass is 16.1. The van der Waals surface area contributed by atoms with Gasteiger partial charge >= 0.3 is 0 Å². The maximum Gasteiger partial charge on any atom is 0.204 e. The van der Waals surface area contributed by atoms with Gasteiger partial charge in [0, 0.05) is 31.8 Å². The molecule has 3 heterocycles. The Morgan fingerprint density at radius 1 is 1.05 bits per heavy atom. The van der Waals surface area contributed by atoms with Gasteiger partial charge in [-0.1, -0.05) is 6.07 Å². The molecular formula is C15H13N5O. The molecular weight excluding hydrogens is 266 g/mol. The van der Waals surface area contributed by atoms with Crippen molar-refractivity contribution in [2.75, 3.05) is 0 Å². The first-order valence-electron chi connectivity index (χ1n) is 6.47. The monoisotopic (exact) mass is 279 g/mol. The predicted octanol–water partition coefficient (Wildman–Crippen LogP) is 1.70. The summed E-state index contributed by atoms with van der Waals surface area (Å²) in [5.74, 6) is 0.341. The zero-order chi connectivity index (χ0) is 14.7. The van der Waals surface area contributed by atoms with Crippen LogP contribution < -0.4 is 0 Å². The first kappa shape index (κ1) is 13.1. The SMILES string of the molecule is Cn1ccnc1C(=O)Cc1cnc(-c2ccccn2)cn1. The van der Waals surface area contributed by atoms with Crippen LogP contribution >= 0.6 is 0 Å². The van der Waals surface area contributed by atoms with Crippen molar-refractivity contribution in [2.24, 2.45) is 7.05 Å². The Bertz CT molecular complexity index is 749. The topological polar surface area (TPSA) is 73.6 Å². The first-order valence-corrected chi connectivity index (χ1v) is 6.47. The van der Waals surface area contributed by atoms with E-state index in [4.69, 9.17) is 0 Å². The van der Waals surface area contributed by atoms with Crippen molar-refractivity contribution in [2.45, 2.75) is 6.42 Å². The summed E-state index contributed by atoms with van der Waals surface area (Å²) in [6.45, 7) is 0. The van der Waals surface area contributed by atoms with E-state index in [9.17, 15) is 4.79 Å². The van der Waals surface area contributed by atoms with E-state index in [1.54, 1.807) is 42.6 Å². The van der Waals surface area contributed by atoms with Crippen molar-refractivity contribution in [3.05, 3.63) is 60.7 Å². The van der Waals surface area contributed by atoms with Gasteiger partial charge in [0.1, 0.15) is 5.69 Å². The molecule has 0 radical (unpaired) electrons. The fourth-order valence-corrected chi connectivity index (χ4v) is 1.97. The number of Topliss-reactive ketones (excluding diaryl/α,β-unsaturated/α-hetero) is 1. The quantitative estimate of drug-likeness (QED) is 0.679. The van der Waals surface area contributed by atoms with Gasteiger partial charge in [0.25, 0.3) is 0 Å². The van der Waals surface area contributed by atoms with Gasteiger partial charge in [-0.15, -0.1) is 0 Å². The molecule has 0 amide bonds. The number of imidazole rings is 1. The molecule has 0 aliphatic rings. The van der Waals surface area contributed by atoms with E-state index in [-0.39, 0.29) is 12.2 Å². The Labute approximate surface area is 121 Å². The normalized spacial score (nSPS) is 10.5. The molecule has 0 aliphatic carbocycles. The van der Waals surface area contributed by atoms with Crippen LogP contribution in [0, 0.1) is 0 Å². The second-order valence-corrected chi connectivity index (χ2v) is 4.57. The lowest BCUT2D eigenvalue weighted by atomic mass is 10.2. The van der Waals surface area contributed by atoms with Crippen molar-refractivity contribution < 1.29 is 4.79 Å². The highest BCUT2D eigenvalue weighted by Crippen LogP contribution is 2.12. The lowest BCUT2D eigenvalue weighted by molar-refractivity contribution is 0.0979. The third kappa shape index (κ3) is 2.84. The minimum atomic E-state index is -0.0811. The van der Waals surface area contributed by atoms with Gasteiger partial charge in [-0.3, -0.25) is 19.7 Å². The second kappa shape index (κ2) is 5.62. The van der Waals surface area contributed by atoms with E-state index < -0.39 is 0 Å². The largest absolute Gasteiger partial charge is 0.332 e. The molecule has 6 heteroatoms.